The molecular formula is C14H13N3. The predicted octanol–water partition coefficient (Wildman–Crippen LogP) is 3.04. The molecule has 0 amide bonds. The monoisotopic (exact) mass is 223 g/mol. The minimum atomic E-state index is 0.938. The zero-order valence-electron chi connectivity index (χ0n) is 9.88. The zero-order chi connectivity index (χ0) is 11.8. The molecule has 0 bridgehead atoms. The van der Waals surface area contributed by atoms with Crippen LogP contribution >= 0.6 is 0 Å². The van der Waals surface area contributed by atoms with Gasteiger partial charge in [-0.1, -0.05) is 30.3 Å². The van der Waals surface area contributed by atoms with Gasteiger partial charge in [0.15, 0.2) is 0 Å². The summed E-state index contributed by atoms with van der Waals surface area (Å²) in [5, 5.41) is 9.06. The number of benzene rings is 2. The molecular weight excluding hydrogens is 210 g/mol. The number of rotatable bonds is 1. The van der Waals surface area contributed by atoms with Crippen molar-refractivity contribution >= 4 is 11.0 Å². The standard InChI is InChI=1S/C14H13N3/c1-10-6-3-4-9-13(10)17-15-12-8-5-7-11(2)14(12)16-17/h3-9H,1-2H3. The maximum absolute atomic E-state index is 4.55. The van der Waals surface area contributed by atoms with Crippen molar-refractivity contribution in [2.24, 2.45) is 0 Å². The lowest BCUT2D eigenvalue weighted by molar-refractivity contribution is 0.760. The van der Waals surface area contributed by atoms with Crippen LogP contribution in [0.5, 0.6) is 0 Å². The number of para-hydroxylation sites is 1. The third-order valence-electron chi connectivity index (χ3n) is 2.94. The van der Waals surface area contributed by atoms with E-state index in [2.05, 4.69) is 36.2 Å². The average Bonchev–Trinajstić information content (AvgIpc) is 2.75. The van der Waals surface area contributed by atoms with Crippen LogP contribution in [-0.4, -0.2) is 15.0 Å². The van der Waals surface area contributed by atoms with Crippen LogP contribution in [0, 0.1) is 13.8 Å². The summed E-state index contributed by atoms with van der Waals surface area (Å²) < 4.78 is 0. The van der Waals surface area contributed by atoms with E-state index in [1.807, 2.05) is 30.3 Å². The van der Waals surface area contributed by atoms with Gasteiger partial charge in [0.25, 0.3) is 0 Å². The highest BCUT2D eigenvalue weighted by molar-refractivity contribution is 5.77. The molecule has 0 unspecified atom stereocenters. The summed E-state index contributed by atoms with van der Waals surface area (Å²) in [6.07, 6.45) is 0. The number of aromatic nitrogens is 3. The first-order valence-electron chi connectivity index (χ1n) is 5.64. The molecule has 0 aliphatic heterocycles. The number of hydrogen-bond acceptors (Lipinski definition) is 2. The lowest BCUT2D eigenvalue weighted by Crippen LogP contribution is -2.00. The fourth-order valence-corrected chi connectivity index (χ4v) is 1.97. The number of hydrogen-bond donors (Lipinski definition) is 0. The topological polar surface area (TPSA) is 30.7 Å². The van der Waals surface area contributed by atoms with Gasteiger partial charge in [0.2, 0.25) is 0 Å². The summed E-state index contributed by atoms with van der Waals surface area (Å²) in [5.74, 6) is 0. The van der Waals surface area contributed by atoms with E-state index >= 15 is 0 Å². The number of nitrogens with zero attached hydrogens (tertiary/aromatic N) is 3. The SMILES string of the molecule is Cc1ccccc1-n1nc2cccc(C)c2n1. The van der Waals surface area contributed by atoms with Gasteiger partial charge in [-0.15, -0.1) is 10.2 Å². The third-order valence-corrected chi connectivity index (χ3v) is 2.94. The Morgan fingerprint density at radius 2 is 1.59 bits per heavy atom. The minimum Gasteiger partial charge on any atom is -0.150 e. The third kappa shape index (κ3) is 1.60. The van der Waals surface area contributed by atoms with Crippen LogP contribution in [0.4, 0.5) is 0 Å². The predicted molar refractivity (Wildman–Crippen MR) is 68.3 cm³/mol. The molecule has 17 heavy (non-hydrogen) atoms. The van der Waals surface area contributed by atoms with E-state index < -0.39 is 0 Å². The van der Waals surface area contributed by atoms with Crippen LogP contribution in [0.1, 0.15) is 11.1 Å². The maximum atomic E-state index is 4.55. The molecule has 84 valence electrons. The summed E-state index contributed by atoms with van der Waals surface area (Å²) >= 11 is 0. The van der Waals surface area contributed by atoms with Crippen LogP contribution in [0.3, 0.4) is 0 Å². The van der Waals surface area contributed by atoms with Crippen molar-refractivity contribution in [1.82, 2.24) is 15.0 Å². The van der Waals surface area contributed by atoms with Gasteiger partial charge >= 0.3 is 0 Å². The van der Waals surface area contributed by atoms with Crippen molar-refractivity contribution in [3.05, 3.63) is 53.6 Å². The van der Waals surface area contributed by atoms with Gasteiger partial charge in [-0.25, -0.2) is 0 Å². The molecule has 3 aromatic rings. The van der Waals surface area contributed by atoms with Crippen molar-refractivity contribution in [3.8, 4) is 5.69 Å². The van der Waals surface area contributed by atoms with Crippen LogP contribution in [0.25, 0.3) is 16.7 Å². The van der Waals surface area contributed by atoms with E-state index in [0.29, 0.717) is 0 Å². The normalized spacial score (nSPS) is 10.9. The van der Waals surface area contributed by atoms with E-state index in [-0.39, 0.29) is 0 Å². The smallest absolute Gasteiger partial charge is 0.116 e. The Morgan fingerprint density at radius 1 is 0.824 bits per heavy atom. The lowest BCUT2D eigenvalue weighted by Gasteiger charge is -2.02. The molecule has 2 aromatic carbocycles. The van der Waals surface area contributed by atoms with E-state index in [9.17, 15) is 0 Å². The van der Waals surface area contributed by atoms with E-state index in [4.69, 9.17) is 0 Å². The molecule has 0 spiro atoms. The molecule has 0 atom stereocenters. The fourth-order valence-electron chi connectivity index (χ4n) is 1.97. The fraction of sp³-hybridized carbons (Fsp3) is 0.143. The Labute approximate surface area is 99.7 Å². The Bertz CT molecular complexity index is 683. The molecule has 3 rings (SSSR count). The van der Waals surface area contributed by atoms with Crippen LogP contribution in [0.2, 0.25) is 0 Å². The maximum Gasteiger partial charge on any atom is 0.116 e. The summed E-state index contributed by atoms with van der Waals surface area (Å²) in [6.45, 7) is 4.12. The van der Waals surface area contributed by atoms with Gasteiger partial charge in [-0.2, -0.15) is 4.80 Å². The lowest BCUT2D eigenvalue weighted by atomic mass is 10.2. The van der Waals surface area contributed by atoms with Crippen molar-refractivity contribution in [2.45, 2.75) is 13.8 Å². The second-order valence-corrected chi connectivity index (χ2v) is 4.22. The summed E-state index contributed by atoms with van der Waals surface area (Å²) in [6, 6.07) is 14.2. The van der Waals surface area contributed by atoms with Gasteiger partial charge in [0.05, 0.1) is 5.69 Å². The Hall–Kier alpha value is -2.16. The number of fused-ring (bicyclic) bond motifs is 1. The molecule has 0 aliphatic carbocycles. The Kier molecular flexibility index (Phi) is 2.18. The summed E-state index contributed by atoms with van der Waals surface area (Å²) in [5.41, 5.74) is 5.26. The molecule has 1 heterocycles. The van der Waals surface area contributed by atoms with Gasteiger partial charge in [-0.3, -0.25) is 0 Å². The first-order chi connectivity index (χ1) is 8.25. The van der Waals surface area contributed by atoms with Gasteiger partial charge in [0.1, 0.15) is 11.0 Å². The molecule has 1 aromatic heterocycles. The van der Waals surface area contributed by atoms with E-state index in [1.165, 1.54) is 5.56 Å². The zero-order valence-corrected chi connectivity index (χ0v) is 9.88. The molecule has 0 saturated carbocycles. The van der Waals surface area contributed by atoms with Crippen molar-refractivity contribution < 1.29 is 0 Å². The molecule has 3 nitrogen and oxygen atoms in total. The summed E-state index contributed by atoms with van der Waals surface area (Å²) in [7, 11) is 0. The minimum absolute atomic E-state index is 0.938. The first-order valence-corrected chi connectivity index (χ1v) is 5.64. The quantitative estimate of drug-likeness (QED) is 0.634. The van der Waals surface area contributed by atoms with Crippen LogP contribution in [0.15, 0.2) is 42.5 Å². The van der Waals surface area contributed by atoms with Crippen molar-refractivity contribution in [3.63, 3.8) is 0 Å². The highest BCUT2D eigenvalue weighted by Gasteiger charge is 2.07. The molecule has 0 N–H and O–H groups in total. The second kappa shape index (κ2) is 3.70. The molecule has 0 radical (unpaired) electrons. The van der Waals surface area contributed by atoms with Crippen molar-refractivity contribution in [1.29, 1.82) is 0 Å². The highest BCUT2D eigenvalue weighted by atomic mass is 15.5. The van der Waals surface area contributed by atoms with E-state index in [0.717, 1.165) is 22.3 Å². The summed E-state index contributed by atoms with van der Waals surface area (Å²) in [4.78, 5) is 1.72. The van der Waals surface area contributed by atoms with E-state index in [1.54, 1.807) is 4.80 Å². The highest BCUT2D eigenvalue weighted by Crippen LogP contribution is 2.17. The average molecular weight is 223 g/mol. The molecule has 0 saturated heterocycles. The second-order valence-electron chi connectivity index (χ2n) is 4.22. The Morgan fingerprint density at radius 3 is 2.35 bits per heavy atom. The number of aryl methyl sites for hydroxylation is 2. The van der Waals surface area contributed by atoms with Crippen LogP contribution in [-0.2, 0) is 0 Å². The van der Waals surface area contributed by atoms with Gasteiger partial charge in [-0.05, 0) is 37.1 Å². The van der Waals surface area contributed by atoms with Crippen LogP contribution < -0.4 is 0 Å². The largest absolute Gasteiger partial charge is 0.150 e. The molecule has 3 heteroatoms. The first kappa shape index (κ1) is 10.0. The molecule has 0 fully saturated rings. The van der Waals surface area contributed by atoms with Crippen molar-refractivity contribution in [2.75, 3.05) is 0 Å². The van der Waals surface area contributed by atoms with Gasteiger partial charge in [0, 0.05) is 0 Å². The Balaban J connectivity index is 2.26. The van der Waals surface area contributed by atoms with Gasteiger partial charge < -0.3 is 0 Å². The molecule has 0 aliphatic rings.